The molecule has 9 heteroatoms. The van der Waals surface area contributed by atoms with Crippen LogP contribution in [-0.2, 0) is 16.1 Å². The number of aromatic nitrogens is 5. The van der Waals surface area contributed by atoms with Gasteiger partial charge in [-0.2, -0.15) is 4.98 Å². The summed E-state index contributed by atoms with van der Waals surface area (Å²) in [5.74, 6) is 0.918. The number of amides is 1. The van der Waals surface area contributed by atoms with Crippen LogP contribution in [0.1, 0.15) is 18.4 Å². The van der Waals surface area contributed by atoms with Gasteiger partial charge in [0.25, 0.3) is 5.89 Å². The number of para-hydroxylation sites is 2. The molecule has 0 spiro atoms. The second-order valence-corrected chi connectivity index (χ2v) is 7.07. The smallest absolute Gasteiger partial charge is 0.257 e. The summed E-state index contributed by atoms with van der Waals surface area (Å²) in [7, 11) is 0. The molecule has 1 aliphatic rings. The zero-order valence-corrected chi connectivity index (χ0v) is 16.2. The molecular weight excluding hydrogens is 384 g/mol. The van der Waals surface area contributed by atoms with E-state index in [4.69, 9.17) is 9.26 Å². The van der Waals surface area contributed by atoms with Crippen molar-refractivity contribution in [3.63, 3.8) is 0 Å². The Morgan fingerprint density at radius 3 is 2.93 bits per heavy atom. The largest absolute Gasteiger partial charge is 0.365 e. The van der Waals surface area contributed by atoms with Crippen molar-refractivity contribution in [2.75, 3.05) is 19.7 Å². The molecule has 0 unspecified atom stereocenters. The van der Waals surface area contributed by atoms with Gasteiger partial charge in [0.15, 0.2) is 6.10 Å². The van der Waals surface area contributed by atoms with Gasteiger partial charge in [-0.05, 0) is 24.3 Å². The number of rotatable bonds is 5. The first-order valence-corrected chi connectivity index (χ1v) is 9.81. The van der Waals surface area contributed by atoms with Crippen molar-refractivity contribution in [1.29, 1.82) is 0 Å². The summed E-state index contributed by atoms with van der Waals surface area (Å²) < 4.78 is 13.2. The number of fused-ring (bicyclic) bond motifs is 1. The first-order valence-electron chi connectivity index (χ1n) is 9.81. The molecule has 4 heterocycles. The van der Waals surface area contributed by atoms with Gasteiger partial charge in [-0.3, -0.25) is 9.78 Å². The summed E-state index contributed by atoms with van der Waals surface area (Å²) in [5.41, 5.74) is 2.77. The number of imidazole rings is 1. The molecule has 0 saturated carbocycles. The molecular formula is C21H20N6O3. The molecule has 5 rings (SSSR count). The molecule has 9 nitrogen and oxygen atoms in total. The molecule has 152 valence electrons. The summed E-state index contributed by atoms with van der Waals surface area (Å²) in [4.78, 5) is 27.4. The van der Waals surface area contributed by atoms with Crippen LogP contribution in [-0.4, -0.2) is 55.2 Å². The lowest BCUT2D eigenvalue weighted by atomic mass is 10.2. The van der Waals surface area contributed by atoms with Crippen LogP contribution >= 0.6 is 0 Å². The predicted molar refractivity (Wildman–Crippen MR) is 107 cm³/mol. The van der Waals surface area contributed by atoms with Gasteiger partial charge >= 0.3 is 0 Å². The number of morpholine rings is 1. The molecule has 1 aromatic carbocycles. The number of ether oxygens (including phenoxy) is 1. The highest BCUT2D eigenvalue weighted by atomic mass is 16.5. The molecule has 0 bridgehead atoms. The highest BCUT2D eigenvalue weighted by Crippen LogP contribution is 2.24. The SMILES string of the molecule is O=C(CCn1cnc2ccccc21)N1CCO[C@@H](c2nc(-c3ccncc3)no2)C1. The van der Waals surface area contributed by atoms with Crippen LogP contribution in [0.15, 0.2) is 59.6 Å². The monoisotopic (exact) mass is 404 g/mol. The van der Waals surface area contributed by atoms with Gasteiger partial charge in [-0.1, -0.05) is 17.3 Å². The summed E-state index contributed by atoms with van der Waals surface area (Å²) >= 11 is 0. The molecule has 1 aliphatic heterocycles. The van der Waals surface area contributed by atoms with Crippen molar-refractivity contribution in [3.8, 4) is 11.4 Å². The van der Waals surface area contributed by atoms with Crippen molar-refractivity contribution >= 4 is 16.9 Å². The number of carbonyl (C=O) groups is 1. The number of pyridine rings is 1. The number of hydrogen-bond donors (Lipinski definition) is 0. The van der Waals surface area contributed by atoms with Crippen LogP contribution in [0.2, 0.25) is 0 Å². The summed E-state index contributed by atoms with van der Waals surface area (Å²) in [6, 6.07) is 11.5. The Hall–Kier alpha value is -3.59. The second kappa shape index (κ2) is 8.03. The van der Waals surface area contributed by atoms with Crippen molar-refractivity contribution in [2.24, 2.45) is 0 Å². The minimum Gasteiger partial charge on any atom is -0.365 e. The van der Waals surface area contributed by atoms with Gasteiger partial charge in [0, 0.05) is 37.5 Å². The molecule has 0 N–H and O–H groups in total. The van der Waals surface area contributed by atoms with Crippen molar-refractivity contribution in [3.05, 3.63) is 61.0 Å². The van der Waals surface area contributed by atoms with Crippen molar-refractivity contribution in [2.45, 2.75) is 19.1 Å². The summed E-state index contributed by atoms with van der Waals surface area (Å²) in [5, 5.41) is 4.02. The van der Waals surface area contributed by atoms with Gasteiger partial charge in [-0.15, -0.1) is 0 Å². The third-order valence-electron chi connectivity index (χ3n) is 5.17. The number of benzene rings is 1. The third kappa shape index (κ3) is 3.67. The zero-order valence-electron chi connectivity index (χ0n) is 16.2. The van der Waals surface area contributed by atoms with Gasteiger partial charge < -0.3 is 18.7 Å². The minimum atomic E-state index is -0.431. The molecule has 4 aromatic rings. The average Bonchev–Trinajstić information content (AvgIpc) is 3.46. The van der Waals surface area contributed by atoms with E-state index in [2.05, 4.69) is 20.1 Å². The summed E-state index contributed by atoms with van der Waals surface area (Å²) in [6.07, 6.45) is 5.08. The Labute approximate surface area is 172 Å². The molecule has 1 amide bonds. The van der Waals surface area contributed by atoms with Crippen LogP contribution in [0, 0.1) is 0 Å². The van der Waals surface area contributed by atoms with Gasteiger partial charge in [0.1, 0.15) is 0 Å². The minimum absolute atomic E-state index is 0.0648. The molecule has 1 atom stereocenters. The summed E-state index contributed by atoms with van der Waals surface area (Å²) in [6.45, 7) is 1.94. The van der Waals surface area contributed by atoms with Gasteiger partial charge in [0.05, 0.1) is 30.5 Å². The van der Waals surface area contributed by atoms with E-state index in [0.717, 1.165) is 16.6 Å². The lowest BCUT2D eigenvalue weighted by molar-refractivity contribution is -0.140. The maximum Gasteiger partial charge on any atom is 0.257 e. The third-order valence-corrected chi connectivity index (χ3v) is 5.17. The topological polar surface area (TPSA) is 99.2 Å². The first-order chi connectivity index (χ1) is 14.8. The van der Waals surface area contributed by atoms with Crippen LogP contribution in [0.5, 0.6) is 0 Å². The van der Waals surface area contributed by atoms with Crippen LogP contribution in [0.25, 0.3) is 22.4 Å². The Morgan fingerprint density at radius 1 is 1.17 bits per heavy atom. The molecule has 0 aliphatic carbocycles. The molecule has 1 fully saturated rings. The molecule has 30 heavy (non-hydrogen) atoms. The number of nitrogens with zero attached hydrogens (tertiary/aromatic N) is 6. The van der Waals surface area contributed by atoms with E-state index in [-0.39, 0.29) is 5.91 Å². The first kappa shape index (κ1) is 18.4. The van der Waals surface area contributed by atoms with Crippen LogP contribution in [0.4, 0.5) is 0 Å². The van der Waals surface area contributed by atoms with E-state index in [1.165, 1.54) is 0 Å². The van der Waals surface area contributed by atoms with E-state index >= 15 is 0 Å². The van der Waals surface area contributed by atoms with E-state index in [1.54, 1.807) is 23.6 Å². The van der Waals surface area contributed by atoms with Crippen LogP contribution < -0.4 is 0 Å². The lowest BCUT2D eigenvalue weighted by Crippen LogP contribution is -2.42. The lowest BCUT2D eigenvalue weighted by Gasteiger charge is -2.31. The average molecular weight is 404 g/mol. The Morgan fingerprint density at radius 2 is 2.03 bits per heavy atom. The maximum atomic E-state index is 12.8. The fourth-order valence-corrected chi connectivity index (χ4v) is 3.57. The van der Waals surface area contributed by atoms with E-state index < -0.39 is 6.10 Å². The fraction of sp³-hybridized carbons (Fsp3) is 0.286. The normalized spacial score (nSPS) is 16.8. The van der Waals surface area contributed by atoms with Crippen LogP contribution in [0.3, 0.4) is 0 Å². The van der Waals surface area contributed by atoms with E-state index in [0.29, 0.717) is 44.4 Å². The van der Waals surface area contributed by atoms with E-state index in [1.807, 2.05) is 41.0 Å². The van der Waals surface area contributed by atoms with Gasteiger partial charge in [0.2, 0.25) is 11.7 Å². The molecule has 0 radical (unpaired) electrons. The predicted octanol–water partition coefficient (Wildman–Crippen LogP) is 2.47. The fourth-order valence-electron chi connectivity index (χ4n) is 3.57. The highest BCUT2D eigenvalue weighted by molar-refractivity contribution is 5.77. The Kier molecular flexibility index (Phi) is 4.94. The van der Waals surface area contributed by atoms with Gasteiger partial charge in [-0.25, -0.2) is 4.98 Å². The number of aryl methyl sites for hydroxylation is 1. The zero-order chi connectivity index (χ0) is 20.3. The molecule has 3 aromatic heterocycles. The molecule has 1 saturated heterocycles. The maximum absolute atomic E-state index is 12.8. The highest BCUT2D eigenvalue weighted by Gasteiger charge is 2.29. The standard InChI is InChI=1S/C21H20N6O3/c28-19(7-10-27-14-23-16-3-1-2-4-17(16)27)26-11-12-29-18(13-26)21-24-20(25-30-21)15-5-8-22-9-6-15/h1-6,8-9,14,18H,7,10-13H2/t18-/m1/s1. The Bertz CT molecular complexity index is 1160. The second-order valence-electron chi connectivity index (χ2n) is 7.07. The number of carbonyl (C=O) groups excluding carboxylic acids is 1. The van der Waals surface area contributed by atoms with Crippen molar-refractivity contribution in [1.82, 2.24) is 29.6 Å². The van der Waals surface area contributed by atoms with E-state index in [9.17, 15) is 4.79 Å². The van der Waals surface area contributed by atoms with Crippen molar-refractivity contribution < 1.29 is 14.1 Å². The number of hydrogen-bond acceptors (Lipinski definition) is 7. The Balaban J connectivity index is 1.23. The quantitative estimate of drug-likeness (QED) is 0.504.